The molecule has 3 rings (SSSR count). The number of nitrogens with zero attached hydrogens (tertiary/aromatic N) is 5. The fourth-order valence-electron chi connectivity index (χ4n) is 2.57. The van der Waals surface area contributed by atoms with Crippen LogP contribution in [0.3, 0.4) is 0 Å². The molecule has 0 unspecified atom stereocenters. The van der Waals surface area contributed by atoms with Gasteiger partial charge in [0.1, 0.15) is 29.6 Å². The van der Waals surface area contributed by atoms with Gasteiger partial charge in [-0.05, 0) is 12.1 Å². The van der Waals surface area contributed by atoms with Gasteiger partial charge < -0.3 is 9.84 Å². The minimum Gasteiger partial charge on any atom is -0.465 e. The van der Waals surface area contributed by atoms with Crippen molar-refractivity contribution in [2.24, 2.45) is 0 Å². The largest absolute Gasteiger partial charge is 0.465 e. The van der Waals surface area contributed by atoms with E-state index >= 15 is 0 Å². The normalized spacial score (nSPS) is 11.7. The van der Waals surface area contributed by atoms with Crippen molar-refractivity contribution >= 4 is 42.6 Å². The Balaban J connectivity index is 1.97. The van der Waals surface area contributed by atoms with Crippen LogP contribution in [0.15, 0.2) is 24.8 Å². The van der Waals surface area contributed by atoms with Crippen LogP contribution in [0.4, 0.5) is 10.6 Å². The lowest BCUT2D eigenvalue weighted by molar-refractivity contribution is 0.0908. The van der Waals surface area contributed by atoms with Gasteiger partial charge in [0.15, 0.2) is 5.82 Å². The summed E-state index contributed by atoms with van der Waals surface area (Å²) in [5.41, 5.74) is 1.74. The van der Waals surface area contributed by atoms with Crippen molar-refractivity contribution in [3.63, 3.8) is 0 Å². The Morgan fingerprint density at radius 1 is 1.32 bits per heavy atom. The van der Waals surface area contributed by atoms with Crippen molar-refractivity contribution in [3.8, 4) is 11.4 Å². The zero-order chi connectivity index (χ0) is 20.3. The molecule has 3 aromatic heterocycles. The first kappa shape index (κ1) is 20.2. The highest BCUT2D eigenvalue weighted by molar-refractivity contribution is 6.76. The molecule has 9 nitrogen and oxygen atoms in total. The molecule has 0 bridgehead atoms. The van der Waals surface area contributed by atoms with Crippen LogP contribution in [0.1, 0.15) is 0 Å². The molecule has 0 aliphatic heterocycles. The number of hydrogen-bond acceptors (Lipinski definition) is 6. The van der Waals surface area contributed by atoms with Crippen molar-refractivity contribution in [2.45, 2.75) is 32.4 Å². The van der Waals surface area contributed by atoms with Gasteiger partial charge in [0.05, 0.1) is 23.5 Å². The Bertz CT molecular complexity index is 1000. The molecule has 28 heavy (non-hydrogen) atoms. The highest BCUT2D eigenvalue weighted by Crippen LogP contribution is 2.29. The quantitative estimate of drug-likeness (QED) is 0.338. The molecule has 11 heteroatoms. The van der Waals surface area contributed by atoms with E-state index in [1.807, 2.05) is 4.57 Å². The van der Waals surface area contributed by atoms with Crippen LogP contribution >= 0.6 is 11.6 Å². The molecular formula is C17H21ClN6O3Si. The molecule has 0 atom stereocenters. The van der Waals surface area contributed by atoms with E-state index in [9.17, 15) is 4.79 Å². The summed E-state index contributed by atoms with van der Waals surface area (Å²) in [5, 5.41) is 12.1. The maximum atomic E-state index is 10.9. The number of aromatic nitrogens is 5. The van der Waals surface area contributed by atoms with Crippen molar-refractivity contribution in [1.82, 2.24) is 24.5 Å². The number of carboxylic acid groups (broad SMARTS) is 1. The maximum absolute atomic E-state index is 10.9. The third-order valence-electron chi connectivity index (χ3n) is 3.99. The molecule has 0 saturated carbocycles. The summed E-state index contributed by atoms with van der Waals surface area (Å²) in [6.45, 7) is 7.76. The fourth-order valence-corrected chi connectivity index (χ4v) is 3.51. The number of halogens is 1. The molecule has 2 N–H and O–H groups in total. The summed E-state index contributed by atoms with van der Waals surface area (Å²) < 4.78 is 7.73. The average Bonchev–Trinajstić information content (AvgIpc) is 2.98. The zero-order valence-electron chi connectivity index (χ0n) is 15.8. The molecule has 0 spiro atoms. The van der Waals surface area contributed by atoms with Gasteiger partial charge in [0, 0.05) is 14.7 Å². The lowest BCUT2D eigenvalue weighted by Gasteiger charge is -2.16. The second-order valence-electron chi connectivity index (χ2n) is 7.43. The van der Waals surface area contributed by atoms with Gasteiger partial charge in [0.2, 0.25) is 0 Å². The Labute approximate surface area is 167 Å². The smallest absolute Gasteiger partial charge is 0.410 e. The maximum Gasteiger partial charge on any atom is 0.410 e. The first-order chi connectivity index (χ1) is 13.2. The lowest BCUT2D eigenvalue weighted by atomic mass is 10.3. The molecule has 0 aromatic carbocycles. The summed E-state index contributed by atoms with van der Waals surface area (Å²) >= 11 is 6.23. The molecule has 3 aromatic rings. The number of anilines is 1. The Morgan fingerprint density at radius 2 is 2.11 bits per heavy atom. The molecule has 0 saturated heterocycles. The summed E-state index contributed by atoms with van der Waals surface area (Å²) in [6, 6.07) is 2.84. The SMILES string of the molecule is C[Si](C)(C)CCOCn1c(-c2cncc(NC(=O)O)n2)cc2c(Cl)ncnc21. The van der Waals surface area contributed by atoms with Crippen LogP contribution in [0.2, 0.25) is 30.8 Å². The Kier molecular flexibility index (Phi) is 5.92. The van der Waals surface area contributed by atoms with Crippen molar-refractivity contribution < 1.29 is 14.6 Å². The van der Waals surface area contributed by atoms with Gasteiger partial charge >= 0.3 is 6.09 Å². The van der Waals surface area contributed by atoms with Crippen LogP contribution in [0.25, 0.3) is 22.4 Å². The second-order valence-corrected chi connectivity index (χ2v) is 13.4. The number of fused-ring (bicyclic) bond motifs is 1. The highest BCUT2D eigenvalue weighted by atomic mass is 35.5. The summed E-state index contributed by atoms with van der Waals surface area (Å²) in [6.07, 6.45) is 3.06. The minimum absolute atomic E-state index is 0.124. The predicted molar refractivity (Wildman–Crippen MR) is 109 cm³/mol. The predicted octanol–water partition coefficient (Wildman–Crippen LogP) is 3.94. The van der Waals surface area contributed by atoms with E-state index in [1.165, 1.54) is 12.5 Å². The Hall–Kier alpha value is -2.56. The van der Waals surface area contributed by atoms with Crippen LogP contribution < -0.4 is 5.32 Å². The van der Waals surface area contributed by atoms with E-state index in [1.54, 1.807) is 12.3 Å². The Morgan fingerprint density at radius 3 is 2.82 bits per heavy atom. The van der Waals surface area contributed by atoms with E-state index < -0.39 is 14.2 Å². The third-order valence-corrected chi connectivity index (χ3v) is 6.00. The van der Waals surface area contributed by atoms with Crippen LogP contribution in [0, 0.1) is 0 Å². The number of amides is 1. The third kappa shape index (κ3) is 4.83. The first-order valence-electron chi connectivity index (χ1n) is 8.64. The summed E-state index contributed by atoms with van der Waals surface area (Å²) in [5.74, 6) is 0.124. The van der Waals surface area contributed by atoms with E-state index in [0.29, 0.717) is 34.2 Å². The van der Waals surface area contributed by atoms with Gasteiger partial charge in [0.25, 0.3) is 0 Å². The number of ether oxygens (including phenoxy) is 1. The number of rotatable bonds is 7. The first-order valence-corrected chi connectivity index (χ1v) is 12.7. The average molecular weight is 421 g/mol. The second kappa shape index (κ2) is 8.21. The molecular weight excluding hydrogens is 400 g/mol. The zero-order valence-corrected chi connectivity index (χ0v) is 17.6. The number of carbonyl (C=O) groups is 1. The molecule has 0 aliphatic rings. The van der Waals surface area contributed by atoms with E-state index in [0.717, 1.165) is 6.04 Å². The number of hydrogen-bond donors (Lipinski definition) is 2. The lowest BCUT2D eigenvalue weighted by Crippen LogP contribution is -2.22. The summed E-state index contributed by atoms with van der Waals surface area (Å²) in [4.78, 5) is 27.6. The standard InChI is InChI=1S/C17H21ClN6O3Si/c1-28(2,3)5-4-27-10-24-13(6-11-15(18)20-9-21-16(11)24)12-7-19-8-14(22-12)23-17(25)26/h6-9H,4-5,10H2,1-3H3,(H,22,23)(H,25,26). The van der Waals surface area contributed by atoms with E-state index in [4.69, 9.17) is 21.4 Å². The van der Waals surface area contributed by atoms with Gasteiger partial charge in [-0.25, -0.2) is 19.7 Å². The van der Waals surface area contributed by atoms with Crippen LogP contribution in [-0.4, -0.2) is 50.4 Å². The monoisotopic (exact) mass is 420 g/mol. The van der Waals surface area contributed by atoms with Gasteiger partial charge in [-0.3, -0.25) is 14.9 Å². The van der Waals surface area contributed by atoms with E-state index in [2.05, 4.69) is 44.9 Å². The van der Waals surface area contributed by atoms with Crippen molar-refractivity contribution in [3.05, 3.63) is 29.9 Å². The van der Waals surface area contributed by atoms with Crippen LogP contribution in [0.5, 0.6) is 0 Å². The van der Waals surface area contributed by atoms with Crippen molar-refractivity contribution in [2.75, 3.05) is 11.9 Å². The minimum atomic E-state index is -1.21. The van der Waals surface area contributed by atoms with Crippen molar-refractivity contribution in [1.29, 1.82) is 0 Å². The van der Waals surface area contributed by atoms with E-state index in [-0.39, 0.29) is 12.5 Å². The van der Waals surface area contributed by atoms with Gasteiger partial charge in [-0.1, -0.05) is 31.2 Å². The van der Waals surface area contributed by atoms with Gasteiger partial charge in [-0.2, -0.15) is 0 Å². The molecule has 0 fully saturated rings. The molecule has 0 radical (unpaired) electrons. The highest BCUT2D eigenvalue weighted by Gasteiger charge is 2.17. The molecule has 0 aliphatic carbocycles. The van der Waals surface area contributed by atoms with Gasteiger partial charge in [-0.15, -0.1) is 0 Å². The molecule has 3 heterocycles. The molecule has 148 valence electrons. The molecule has 1 amide bonds. The summed E-state index contributed by atoms with van der Waals surface area (Å²) in [7, 11) is -1.21. The fraction of sp³-hybridized carbons (Fsp3) is 0.353. The topological polar surface area (TPSA) is 115 Å². The number of nitrogens with one attached hydrogen (secondary N) is 1. The van der Waals surface area contributed by atoms with Crippen LogP contribution in [-0.2, 0) is 11.5 Å².